The van der Waals surface area contributed by atoms with Crippen molar-refractivity contribution in [2.45, 2.75) is 19.3 Å². The lowest BCUT2D eigenvalue weighted by Gasteiger charge is -2.18. The van der Waals surface area contributed by atoms with Gasteiger partial charge in [0.2, 0.25) is 0 Å². The molecule has 0 aliphatic heterocycles. The molecule has 0 amide bonds. The van der Waals surface area contributed by atoms with E-state index in [4.69, 9.17) is 11.6 Å². The van der Waals surface area contributed by atoms with Gasteiger partial charge in [-0.25, -0.2) is 4.98 Å². The number of aliphatic hydroxyl groups excluding tert-OH is 1. The number of hydrogen-bond acceptors (Lipinski definition) is 3. The third-order valence-corrected chi connectivity index (χ3v) is 4.20. The molecule has 94 valence electrons. The zero-order chi connectivity index (χ0) is 12.3. The monoisotopic (exact) mass is 318 g/mol. The van der Waals surface area contributed by atoms with Gasteiger partial charge in [-0.05, 0) is 46.7 Å². The van der Waals surface area contributed by atoms with Gasteiger partial charge in [0.05, 0.1) is 9.50 Å². The van der Waals surface area contributed by atoms with Gasteiger partial charge < -0.3 is 10.4 Å². The summed E-state index contributed by atoms with van der Waals surface area (Å²) in [4.78, 5) is 4.24. The van der Waals surface area contributed by atoms with E-state index in [-0.39, 0.29) is 0 Å². The maximum atomic E-state index is 9.25. The van der Waals surface area contributed by atoms with E-state index in [9.17, 15) is 5.11 Å². The smallest absolute Gasteiger partial charge is 0.140 e. The van der Waals surface area contributed by atoms with Crippen molar-refractivity contribution in [3.8, 4) is 0 Å². The molecule has 1 aliphatic carbocycles. The number of aromatic nitrogens is 1. The molecule has 0 aromatic carbocycles. The number of anilines is 1. The van der Waals surface area contributed by atoms with E-state index in [0.29, 0.717) is 23.5 Å². The first-order chi connectivity index (χ1) is 8.20. The number of pyridine rings is 1. The fourth-order valence-electron chi connectivity index (χ4n) is 2.40. The lowest BCUT2D eigenvalue weighted by molar-refractivity contribution is 0.199. The Balaban J connectivity index is 1.93. The van der Waals surface area contributed by atoms with Crippen LogP contribution < -0.4 is 5.32 Å². The van der Waals surface area contributed by atoms with Crippen LogP contribution in [-0.2, 0) is 0 Å². The van der Waals surface area contributed by atoms with Crippen LogP contribution in [0.25, 0.3) is 0 Å². The molecular weight excluding hydrogens is 304 g/mol. The van der Waals surface area contributed by atoms with Crippen LogP contribution in [0.1, 0.15) is 19.3 Å². The Bertz CT molecular complexity index is 389. The fourth-order valence-corrected chi connectivity index (χ4v) is 3.17. The van der Waals surface area contributed by atoms with Gasteiger partial charge in [0.15, 0.2) is 0 Å². The van der Waals surface area contributed by atoms with Crippen LogP contribution in [0.15, 0.2) is 16.7 Å². The molecule has 2 rings (SSSR count). The zero-order valence-corrected chi connectivity index (χ0v) is 11.8. The summed E-state index contributed by atoms with van der Waals surface area (Å²) >= 11 is 9.27. The molecule has 1 saturated carbocycles. The number of aliphatic hydroxyl groups is 1. The van der Waals surface area contributed by atoms with Gasteiger partial charge in [0.1, 0.15) is 5.82 Å². The molecule has 2 atom stereocenters. The van der Waals surface area contributed by atoms with Crippen LogP contribution in [0.4, 0.5) is 5.82 Å². The van der Waals surface area contributed by atoms with Crippen molar-refractivity contribution in [1.82, 2.24) is 4.98 Å². The maximum Gasteiger partial charge on any atom is 0.140 e. The molecule has 1 aromatic heterocycles. The quantitative estimate of drug-likeness (QED) is 0.895. The summed E-state index contributed by atoms with van der Waals surface area (Å²) in [5.74, 6) is 1.80. The van der Waals surface area contributed by atoms with Crippen LogP contribution in [-0.4, -0.2) is 23.2 Å². The molecule has 2 unspecified atom stereocenters. The number of hydrogen-bond donors (Lipinski definition) is 2. The second-order valence-electron chi connectivity index (χ2n) is 4.50. The molecule has 5 heteroatoms. The van der Waals surface area contributed by atoms with Gasteiger partial charge in [-0.3, -0.25) is 0 Å². The van der Waals surface area contributed by atoms with Crippen molar-refractivity contribution in [1.29, 1.82) is 0 Å². The standard InChI is InChI=1S/C12H16BrClN2O/c13-11-4-10(14)6-16-12(11)15-5-8-2-1-3-9(8)7-17/h4,6,8-9,17H,1-3,5,7H2,(H,15,16). The second-order valence-corrected chi connectivity index (χ2v) is 5.79. The van der Waals surface area contributed by atoms with E-state index < -0.39 is 0 Å². The molecule has 0 spiro atoms. The largest absolute Gasteiger partial charge is 0.396 e. The molecule has 1 fully saturated rings. The molecule has 1 aliphatic rings. The minimum Gasteiger partial charge on any atom is -0.396 e. The van der Waals surface area contributed by atoms with E-state index >= 15 is 0 Å². The van der Waals surface area contributed by atoms with Crippen LogP contribution in [0.5, 0.6) is 0 Å². The van der Waals surface area contributed by atoms with Crippen LogP contribution in [0.3, 0.4) is 0 Å². The number of nitrogens with zero attached hydrogens (tertiary/aromatic N) is 1. The molecule has 0 saturated heterocycles. The second kappa shape index (κ2) is 6.03. The minimum atomic E-state index is 0.293. The first-order valence-electron chi connectivity index (χ1n) is 5.86. The third-order valence-electron chi connectivity index (χ3n) is 3.39. The summed E-state index contributed by atoms with van der Waals surface area (Å²) < 4.78 is 0.878. The summed E-state index contributed by atoms with van der Waals surface area (Å²) in [7, 11) is 0. The summed E-state index contributed by atoms with van der Waals surface area (Å²) in [5.41, 5.74) is 0. The lowest BCUT2D eigenvalue weighted by Crippen LogP contribution is -2.21. The molecule has 0 radical (unpaired) electrons. The molecule has 3 nitrogen and oxygen atoms in total. The van der Waals surface area contributed by atoms with Gasteiger partial charge in [-0.2, -0.15) is 0 Å². The molecule has 17 heavy (non-hydrogen) atoms. The van der Waals surface area contributed by atoms with E-state index in [1.165, 1.54) is 12.8 Å². The topological polar surface area (TPSA) is 45.1 Å². The van der Waals surface area contributed by atoms with Crippen LogP contribution in [0, 0.1) is 11.8 Å². The Morgan fingerprint density at radius 1 is 1.47 bits per heavy atom. The Hall–Kier alpha value is -0.320. The maximum absolute atomic E-state index is 9.25. The van der Waals surface area contributed by atoms with Gasteiger partial charge >= 0.3 is 0 Å². The molecule has 1 heterocycles. The Kier molecular flexibility index (Phi) is 4.65. The van der Waals surface area contributed by atoms with E-state index in [0.717, 1.165) is 23.3 Å². The van der Waals surface area contributed by atoms with Gasteiger partial charge in [0, 0.05) is 19.3 Å². The minimum absolute atomic E-state index is 0.293. The average molecular weight is 320 g/mol. The van der Waals surface area contributed by atoms with Crippen molar-refractivity contribution in [2.24, 2.45) is 11.8 Å². The summed E-state index contributed by atoms with van der Waals surface area (Å²) in [6.07, 6.45) is 5.17. The van der Waals surface area contributed by atoms with Crippen molar-refractivity contribution in [3.05, 3.63) is 21.8 Å². The summed E-state index contributed by atoms with van der Waals surface area (Å²) in [6, 6.07) is 1.83. The SMILES string of the molecule is OCC1CCCC1CNc1ncc(Cl)cc1Br. The predicted octanol–water partition coefficient (Wildman–Crippen LogP) is 3.32. The van der Waals surface area contributed by atoms with Crippen molar-refractivity contribution < 1.29 is 5.11 Å². The highest BCUT2D eigenvalue weighted by Crippen LogP contribution is 2.32. The van der Waals surface area contributed by atoms with Crippen LogP contribution >= 0.6 is 27.5 Å². The zero-order valence-electron chi connectivity index (χ0n) is 9.50. The summed E-state index contributed by atoms with van der Waals surface area (Å²) in [6.45, 7) is 1.15. The van der Waals surface area contributed by atoms with Crippen molar-refractivity contribution in [3.63, 3.8) is 0 Å². The highest BCUT2D eigenvalue weighted by atomic mass is 79.9. The molecule has 0 bridgehead atoms. The Labute approximate surface area is 115 Å². The van der Waals surface area contributed by atoms with Crippen molar-refractivity contribution in [2.75, 3.05) is 18.5 Å². The van der Waals surface area contributed by atoms with E-state index in [1.807, 2.05) is 6.07 Å². The first-order valence-corrected chi connectivity index (χ1v) is 7.03. The highest BCUT2D eigenvalue weighted by Gasteiger charge is 2.26. The van der Waals surface area contributed by atoms with Crippen molar-refractivity contribution >= 4 is 33.3 Å². The first kappa shape index (κ1) is 13.1. The van der Waals surface area contributed by atoms with Gasteiger partial charge in [-0.15, -0.1) is 0 Å². The highest BCUT2D eigenvalue weighted by molar-refractivity contribution is 9.10. The van der Waals surface area contributed by atoms with E-state index in [1.54, 1.807) is 6.20 Å². The fraction of sp³-hybridized carbons (Fsp3) is 0.583. The normalized spacial score (nSPS) is 23.9. The Morgan fingerprint density at radius 3 is 2.94 bits per heavy atom. The number of rotatable bonds is 4. The van der Waals surface area contributed by atoms with E-state index in [2.05, 4.69) is 26.2 Å². The summed E-state index contributed by atoms with van der Waals surface area (Å²) in [5, 5.41) is 13.2. The number of halogens is 2. The molecule has 2 N–H and O–H groups in total. The van der Waals surface area contributed by atoms with Crippen LogP contribution in [0.2, 0.25) is 5.02 Å². The third kappa shape index (κ3) is 3.33. The van der Waals surface area contributed by atoms with Gasteiger partial charge in [-0.1, -0.05) is 18.0 Å². The average Bonchev–Trinajstić information content (AvgIpc) is 2.75. The lowest BCUT2D eigenvalue weighted by atomic mass is 9.97. The molecular formula is C12H16BrClN2O. The predicted molar refractivity (Wildman–Crippen MR) is 73.4 cm³/mol. The molecule has 1 aromatic rings. The van der Waals surface area contributed by atoms with Gasteiger partial charge in [0.25, 0.3) is 0 Å². The Morgan fingerprint density at radius 2 is 2.24 bits per heavy atom. The number of nitrogens with one attached hydrogen (secondary N) is 1.